The second-order valence-electron chi connectivity index (χ2n) is 4.91. The Hall–Kier alpha value is -1.60. The van der Waals surface area contributed by atoms with E-state index in [0.29, 0.717) is 0 Å². The van der Waals surface area contributed by atoms with E-state index in [1.54, 1.807) is 0 Å². The van der Waals surface area contributed by atoms with Crippen LogP contribution in [0.25, 0.3) is 0 Å². The molecule has 3 rings (SSSR count). The van der Waals surface area contributed by atoms with Crippen molar-refractivity contribution in [2.24, 2.45) is 5.73 Å². The van der Waals surface area contributed by atoms with Crippen molar-refractivity contribution in [3.8, 4) is 0 Å². The normalized spacial score (nSPS) is 18.6. The third-order valence-electron chi connectivity index (χ3n) is 3.89. The Morgan fingerprint density at radius 1 is 0.824 bits per heavy atom. The lowest BCUT2D eigenvalue weighted by atomic mass is 9.84. The minimum atomic E-state index is 0.117. The number of hydrogen-bond donors (Lipinski definition) is 1. The zero-order valence-corrected chi connectivity index (χ0v) is 9.84. The molecule has 2 aromatic carbocycles. The lowest BCUT2D eigenvalue weighted by molar-refractivity contribution is 0.541. The third kappa shape index (κ3) is 1.77. The van der Waals surface area contributed by atoms with Crippen molar-refractivity contribution >= 4 is 0 Å². The van der Waals surface area contributed by atoms with Crippen LogP contribution in [0.2, 0.25) is 0 Å². The minimum absolute atomic E-state index is 0.117. The molecule has 1 aliphatic carbocycles. The molecule has 0 saturated heterocycles. The SMILES string of the molecule is N[C@H](c1ccccc1)C1(c2ccccc2)CC1. The van der Waals surface area contributed by atoms with E-state index < -0.39 is 0 Å². The van der Waals surface area contributed by atoms with Crippen molar-refractivity contribution in [1.29, 1.82) is 0 Å². The molecule has 1 fully saturated rings. The summed E-state index contributed by atoms with van der Waals surface area (Å²) >= 11 is 0. The quantitative estimate of drug-likeness (QED) is 0.847. The molecule has 0 bridgehead atoms. The smallest absolute Gasteiger partial charge is 0.0393 e. The summed E-state index contributed by atoms with van der Waals surface area (Å²) < 4.78 is 0. The number of rotatable bonds is 3. The standard InChI is InChI=1S/C16H17N/c17-15(13-7-3-1-4-8-13)16(11-12-16)14-9-5-2-6-10-14/h1-10,15H,11-12,17H2/t15-/m1/s1. The summed E-state index contributed by atoms with van der Waals surface area (Å²) in [6.07, 6.45) is 2.40. The molecular formula is C16H17N. The van der Waals surface area contributed by atoms with Gasteiger partial charge in [0.1, 0.15) is 0 Å². The van der Waals surface area contributed by atoms with E-state index in [2.05, 4.69) is 54.6 Å². The highest BCUT2D eigenvalue weighted by Crippen LogP contribution is 2.55. The molecule has 86 valence electrons. The van der Waals surface area contributed by atoms with Crippen LogP contribution in [0.15, 0.2) is 60.7 Å². The van der Waals surface area contributed by atoms with E-state index in [-0.39, 0.29) is 11.5 Å². The highest BCUT2D eigenvalue weighted by molar-refractivity contribution is 5.37. The van der Waals surface area contributed by atoms with Gasteiger partial charge in [0.15, 0.2) is 0 Å². The average Bonchev–Trinajstić information content (AvgIpc) is 3.21. The van der Waals surface area contributed by atoms with Crippen LogP contribution in [-0.2, 0) is 5.41 Å². The van der Waals surface area contributed by atoms with Crippen molar-refractivity contribution in [3.05, 3.63) is 71.8 Å². The fraction of sp³-hybridized carbons (Fsp3) is 0.250. The summed E-state index contributed by atoms with van der Waals surface area (Å²) in [7, 11) is 0. The summed E-state index contributed by atoms with van der Waals surface area (Å²) in [5.41, 5.74) is 9.28. The molecule has 0 heterocycles. The van der Waals surface area contributed by atoms with Gasteiger partial charge in [-0.1, -0.05) is 60.7 Å². The monoisotopic (exact) mass is 223 g/mol. The molecule has 0 unspecified atom stereocenters. The van der Waals surface area contributed by atoms with Gasteiger partial charge in [0.2, 0.25) is 0 Å². The number of hydrogen-bond acceptors (Lipinski definition) is 1. The fourth-order valence-electron chi connectivity index (χ4n) is 2.66. The molecule has 2 aromatic rings. The molecule has 1 nitrogen and oxygen atoms in total. The van der Waals surface area contributed by atoms with Crippen molar-refractivity contribution in [1.82, 2.24) is 0 Å². The third-order valence-corrected chi connectivity index (χ3v) is 3.89. The van der Waals surface area contributed by atoms with Crippen molar-refractivity contribution < 1.29 is 0 Å². The second-order valence-corrected chi connectivity index (χ2v) is 4.91. The average molecular weight is 223 g/mol. The van der Waals surface area contributed by atoms with Gasteiger partial charge in [0, 0.05) is 11.5 Å². The highest BCUT2D eigenvalue weighted by atomic mass is 14.7. The Bertz CT molecular complexity index is 485. The predicted octanol–water partition coefficient (Wildman–Crippen LogP) is 3.42. The van der Waals surface area contributed by atoms with E-state index in [4.69, 9.17) is 5.73 Å². The zero-order valence-electron chi connectivity index (χ0n) is 9.84. The van der Waals surface area contributed by atoms with E-state index in [1.165, 1.54) is 24.0 Å². The Balaban J connectivity index is 1.95. The highest BCUT2D eigenvalue weighted by Gasteiger charge is 2.49. The maximum atomic E-state index is 6.47. The number of benzene rings is 2. The second kappa shape index (κ2) is 4.01. The molecule has 1 atom stereocenters. The van der Waals surface area contributed by atoms with Crippen molar-refractivity contribution in [2.45, 2.75) is 24.3 Å². The van der Waals surface area contributed by atoms with Gasteiger partial charge >= 0.3 is 0 Å². The van der Waals surface area contributed by atoms with Gasteiger partial charge in [0.25, 0.3) is 0 Å². The predicted molar refractivity (Wildman–Crippen MR) is 70.7 cm³/mol. The Morgan fingerprint density at radius 2 is 1.35 bits per heavy atom. The van der Waals surface area contributed by atoms with Gasteiger partial charge in [-0.3, -0.25) is 0 Å². The van der Waals surface area contributed by atoms with Crippen LogP contribution in [0.4, 0.5) is 0 Å². The van der Waals surface area contributed by atoms with Crippen molar-refractivity contribution in [2.75, 3.05) is 0 Å². The maximum absolute atomic E-state index is 6.47. The molecule has 0 aliphatic heterocycles. The lowest BCUT2D eigenvalue weighted by Crippen LogP contribution is -2.26. The van der Waals surface area contributed by atoms with Crippen LogP contribution >= 0.6 is 0 Å². The van der Waals surface area contributed by atoms with Gasteiger partial charge in [-0.25, -0.2) is 0 Å². The van der Waals surface area contributed by atoms with Crippen LogP contribution < -0.4 is 5.73 Å². The molecule has 0 aromatic heterocycles. The molecule has 1 aliphatic rings. The first-order valence-corrected chi connectivity index (χ1v) is 6.19. The Kier molecular flexibility index (Phi) is 2.49. The van der Waals surface area contributed by atoms with Crippen LogP contribution in [0, 0.1) is 0 Å². The zero-order chi connectivity index (χ0) is 11.7. The molecular weight excluding hydrogens is 206 g/mol. The van der Waals surface area contributed by atoms with E-state index in [1.807, 2.05) is 6.07 Å². The van der Waals surface area contributed by atoms with Gasteiger partial charge < -0.3 is 5.73 Å². The first kappa shape index (κ1) is 10.5. The van der Waals surface area contributed by atoms with Crippen LogP contribution in [-0.4, -0.2) is 0 Å². The minimum Gasteiger partial charge on any atom is -0.323 e. The summed E-state index contributed by atoms with van der Waals surface area (Å²) in [5, 5.41) is 0. The lowest BCUT2D eigenvalue weighted by Gasteiger charge is -2.24. The summed E-state index contributed by atoms with van der Waals surface area (Å²) in [6.45, 7) is 0. The van der Waals surface area contributed by atoms with Crippen LogP contribution in [0.1, 0.15) is 30.0 Å². The summed E-state index contributed by atoms with van der Waals surface area (Å²) in [4.78, 5) is 0. The van der Waals surface area contributed by atoms with Crippen LogP contribution in [0.5, 0.6) is 0 Å². The molecule has 1 heteroatoms. The number of nitrogens with two attached hydrogens (primary N) is 1. The summed E-state index contributed by atoms with van der Waals surface area (Å²) in [6, 6.07) is 21.2. The van der Waals surface area contributed by atoms with Gasteiger partial charge in [-0.2, -0.15) is 0 Å². The van der Waals surface area contributed by atoms with E-state index in [9.17, 15) is 0 Å². The van der Waals surface area contributed by atoms with Gasteiger partial charge in [-0.15, -0.1) is 0 Å². The molecule has 2 N–H and O–H groups in total. The molecule has 17 heavy (non-hydrogen) atoms. The summed E-state index contributed by atoms with van der Waals surface area (Å²) in [5.74, 6) is 0. The first-order chi connectivity index (χ1) is 8.33. The maximum Gasteiger partial charge on any atom is 0.0393 e. The molecule has 1 saturated carbocycles. The molecule has 0 spiro atoms. The van der Waals surface area contributed by atoms with E-state index in [0.717, 1.165) is 0 Å². The first-order valence-electron chi connectivity index (χ1n) is 6.19. The van der Waals surface area contributed by atoms with Gasteiger partial charge in [0.05, 0.1) is 0 Å². The Morgan fingerprint density at radius 3 is 1.88 bits per heavy atom. The fourth-order valence-corrected chi connectivity index (χ4v) is 2.66. The topological polar surface area (TPSA) is 26.0 Å². The van der Waals surface area contributed by atoms with E-state index >= 15 is 0 Å². The largest absolute Gasteiger partial charge is 0.323 e. The van der Waals surface area contributed by atoms with Crippen molar-refractivity contribution in [3.63, 3.8) is 0 Å². The Labute approximate surface area is 102 Å². The molecule has 0 radical (unpaired) electrons. The van der Waals surface area contributed by atoms with Gasteiger partial charge in [-0.05, 0) is 24.0 Å². The van der Waals surface area contributed by atoms with Crippen LogP contribution in [0.3, 0.4) is 0 Å². The molecule has 0 amide bonds.